The van der Waals surface area contributed by atoms with Crippen molar-refractivity contribution in [3.8, 4) is 0 Å². The lowest BCUT2D eigenvalue weighted by molar-refractivity contribution is 0.419. The molecule has 1 aromatic carbocycles. The molecule has 0 saturated carbocycles. The predicted molar refractivity (Wildman–Crippen MR) is 71.8 cm³/mol. The average Bonchev–Trinajstić information content (AvgIpc) is 2.65. The molecule has 1 aromatic heterocycles. The number of hydrogen-bond acceptors (Lipinski definition) is 3. The molecule has 0 amide bonds. The molecule has 2 heterocycles. The summed E-state index contributed by atoms with van der Waals surface area (Å²) in [6.45, 7) is 2.73. The summed E-state index contributed by atoms with van der Waals surface area (Å²) >= 11 is 0. The molecule has 19 heavy (non-hydrogen) atoms. The summed E-state index contributed by atoms with van der Waals surface area (Å²) in [5.74, 6) is 0. The summed E-state index contributed by atoms with van der Waals surface area (Å²) in [5.41, 5.74) is 2.78. The fraction of sp³-hybridized carbons (Fsp3) is 0.214. The molecule has 98 valence electrons. The normalized spacial score (nSPS) is 17.3. The zero-order valence-electron chi connectivity index (χ0n) is 10.6. The Bertz CT molecular complexity index is 711. The zero-order valence-corrected chi connectivity index (χ0v) is 11.4. The van der Waals surface area contributed by atoms with E-state index in [1.807, 2.05) is 37.3 Å². The van der Waals surface area contributed by atoms with Crippen LogP contribution < -0.4 is 0 Å². The number of sulfonamides is 1. The Balaban J connectivity index is 1.98. The van der Waals surface area contributed by atoms with Gasteiger partial charge in [0.15, 0.2) is 0 Å². The van der Waals surface area contributed by atoms with Crippen molar-refractivity contribution >= 4 is 10.0 Å². The molecule has 0 saturated heterocycles. The quantitative estimate of drug-likeness (QED) is 0.842. The van der Waals surface area contributed by atoms with Crippen molar-refractivity contribution in [2.24, 2.45) is 0 Å². The average molecular weight is 274 g/mol. The van der Waals surface area contributed by atoms with E-state index in [-0.39, 0.29) is 0 Å². The molecule has 5 heteroatoms. The van der Waals surface area contributed by atoms with E-state index in [1.54, 1.807) is 6.20 Å². The minimum atomic E-state index is -3.40. The van der Waals surface area contributed by atoms with Gasteiger partial charge in [-0.05, 0) is 23.6 Å². The van der Waals surface area contributed by atoms with Gasteiger partial charge < -0.3 is 0 Å². The minimum Gasteiger partial charge on any atom is -0.263 e. The number of aryl methyl sites for hydroxylation is 1. The fourth-order valence-electron chi connectivity index (χ4n) is 2.32. The maximum atomic E-state index is 12.4. The molecule has 0 N–H and O–H groups in total. The molecule has 1 aliphatic rings. The third-order valence-corrected chi connectivity index (χ3v) is 5.23. The third-order valence-electron chi connectivity index (χ3n) is 3.39. The highest BCUT2D eigenvalue weighted by molar-refractivity contribution is 7.89. The van der Waals surface area contributed by atoms with Crippen molar-refractivity contribution in [3.05, 3.63) is 59.4 Å². The molecule has 0 radical (unpaired) electrons. The van der Waals surface area contributed by atoms with Gasteiger partial charge in [-0.25, -0.2) is 8.42 Å². The Hall–Kier alpha value is -1.72. The van der Waals surface area contributed by atoms with Gasteiger partial charge in [-0.1, -0.05) is 30.3 Å². The van der Waals surface area contributed by atoms with Gasteiger partial charge in [-0.15, -0.1) is 0 Å². The first kappa shape index (κ1) is 12.3. The third kappa shape index (κ3) is 2.05. The number of aromatic nitrogens is 1. The molecule has 0 atom stereocenters. The van der Waals surface area contributed by atoms with Crippen LogP contribution >= 0.6 is 0 Å². The van der Waals surface area contributed by atoms with Gasteiger partial charge in [-0.2, -0.15) is 4.31 Å². The van der Waals surface area contributed by atoms with Crippen molar-refractivity contribution in [3.63, 3.8) is 0 Å². The highest BCUT2D eigenvalue weighted by Crippen LogP contribution is 2.32. The second kappa shape index (κ2) is 4.43. The Morgan fingerprint density at radius 3 is 2.63 bits per heavy atom. The summed E-state index contributed by atoms with van der Waals surface area (Å²) < 4.78 is 26.4. The highest BCUT2D eigenvalue weighted by atomic mass is 32.2. The summed E-state index contributed by atoms with van der Waals surface area (Å²) in [6.07, 6.45) is 3.16. The number of pyridine rings is 1. The van der Waals surface area contributed by atoms with Gasteiger partial charge in [0.2, 0.25) is 10.0 Å². The van der Waals surface area contributed by atoms with Crippen LogP contribution in [0, 0.1) is 6.92 Å². The van der Waals surface area contributed by atoms with Gasteiger partial charge in [-0.3, -0.25) is 4.98 Å². The standard InChI is InChI=1S/C14H14N2O2S/c1-11-7-15-8-14-13(11)10-16(19(14,17)18)9-12-5-3-2-4-6-12/h2-8H,9-10H2,1H3. The lowest BCUT2D eigenvalue weighted by Gasteiger charge is -2.14. The number of nitrogens with zero attached hydrogens (tertiary/aromatic N) is 2. The van der Waals surface area contributed by atoms with Crippen LogP contribution in [-0.4, -0.2) is 17.7 Å². The maximum absolute atomic E-state index is 12.4. The first-order chi connectivity index (χ1) is 9.09. The molecular formula is C14H14N2O2S. The van der Waals surface area contributed by atoms with E-state index in [1.165, 1.54) is 10.5 Å². The molecule has 0 unspecified atom stereocenters. The van der Waals surface area contributed by atoms with Crippen molar-refractivity contribution in [2.45, 2.75) is 24.9 Å². The highest BCUT2D eigenvalue weighted by Gasteiger charge is 2.35. The van der Waals surface area contributed by atoms with Crippen molar-refractivity contribution in [2.75, 3.05) is 0 Å². The smallest absolute Gasteiger partial charge is 0.245 e. The topological polar surface area (TPSA) is 50.3 Å². The zero-order chi connectivity index (χ0) is 13.5. The summed E-state index contributed by atoms with van der Waals surface area (Å²) in [4.78, 5) is 4.34. The lowest BCUT2D eigenvalue weighted by atomic mass is 10.1. The molecule has 0 fully saturated rings. The molecule has 0 spiro atoms. The molecule has 0 bridgehead atoms. The lowest BCUT2D eigenvalue weighted by Crippen LogP contribution is -2.23. The fourth-order valence-corrected chi connectivity index (χ4v) is 3.95. The summed E-state index contributed by atoms with van der Waals surface area (Å²) in [5, 5.41) is 0. The predicted octanol–water partition coefficient (Wildman–Crippen LogP) is 2.09. The summed E-state index contributed by atoms with van der Waals surface area (Å²) in [6, 6.07) is 9.62. The number of hydrogen-bond donors (Lipinski definition) is 0. The van der Waals surface area contributed by atoms with Crippen LogP contribution in [-0.2, 0) is 23.1 Å². The second-order valence-electron chi connectivity index (χ2n) is 4.69. The molecule has 1 aliphatic heterocycles. The SMILES string of the molecule is Cc1cncc2c1CN(Cc1ccccc1)S2(=O)=O. The van der Waals surface area contributed by atoms with Gasteiger partial charge in [0.05, 0.1) is 0 Å². The number of fused-ring (bicyclic) bond motifs is 1. The van der Waals surface area contributed by atoms with E-state index in [2.05, 4.69) is 4.98 Å². The van der Waals surface area contributed by atoms with E-state index in [9.17, 15) is 8.42 Å². The first-order valence-electron chi connectivity index (χ1n) is 6.06. The molecule has 2 aromatic rings. The Morgan fingerprint density at radius 1 is 1.21 bits per heavy atom. The van der Waals surface area contributed by atoms with Crippen LogP contribution in [0.3, 0.4) is 0 Å². The second-order valence-corrected chi connectivity index (χ2v) is 6.60. The van der Waals surface area contributed by atoms with Crippen molar-refractivity contribution in [1.29, 1.82) is 0 Å². The number of benzene rings is 1. The van der Waals surface area contributed by atoms with Gasteiger partial charge in [0.1, 0.15) is 4.90 Å². The van der Waals surface area contributed by atoms with Crippen LogP contribution in [0.5, 0.6) is 0 Å². The Labute approximate surface area is 112 Å². The van der Waals surface area contributed by atoms with E-state index in [0.717, 1.165) is 16.7 Å². The van der Waals surface area contributed by atoms with Gasteiger partial charge >= 0.3 is 0 Å². The van der Waals surface area contributed by atoms with Crippen LogP contribution in [0.25, 0.3) is 0 Å². The van der Waals surface area contributed by atoms with Crippen molar-refractivity contribution in [1.82, 2.24) is 9.29 Å². The largest absolute Gasteiger partial charge is 0.263 e. The molecular weight excluding hydrogens is 260 g/mol. The van der Waals surface area contributed by atoms with E-state index >= 15 is 0 Å². The van der Waals surface area contributed by atoms with Crippen molar-refractivity contribution < 1.29 is 8.42 Å². The number of rotatable bonds is 2. The van der Waals surface area contributed by atoms with Gasteiger partial charge in [0, 0.05) is 25.5 Å². The Morgan fingerprint density at radius 2 is 1.95 bits per heavy atom. The maximum Gasteiger partial charge on any atom is 0.245 e. The monoisotopic (exact) mass is 274 g/mol. The molecule has 0 aliphatic carbocycles. The van der Waals surface area contributed by atoms with E-state index < -0.39 is 10.0 Å². The van der Waals surface area contributed by atoms with Crippen LogP contribution in [0.4, 0.5) is 0 Å². The van der Waals surface area contributed by atoms with Crippen LogP contribution in [0.1, 0.15) is 16.7 Å². The van der Waals surface area contributed by atoms with Gasteiger partial charge in [0.25, 0.3) is 0 Å². The van der Waals surface area contributed by atoms with Crippen LogP contribution in [0.15, 0.2) is 47.6 Å². The van der Waals surface area contributed by atoms with E-state index in [0.29, 0.717) is 18.0 Å². The molecule has 4 nitrogen and oxygen atoms in total. The summed E-state index contributed by atoms with van der Waals surface area (Å²) in [7, 11) is -3.40. The van der Waals surface area contributed by atoms with Crippen LogP contribution in [0.2, 0.25) is 0 Å². The molecule has 3 rings (SSSR count). The van der Waals surface area contributed by atoms with E-state index in [4.69, 9.17) is 0 Å². The first-order valence-corrected chi connectivity index (χ1v) is 7.50. The Kier molecular flexibility index (Phi) is 2.88. The minimum absolute atomic E-state index is 0.350.